The van der Waals surface area contributed by atoms with E-state index in [9.17, 15) is 0 Å². The number of aromatic nitrogens is 2. The van der Waals surface area contributed by atoms with Crippen molar-refractivity contribution in [3.05, 3.63) is 18.0 Å². The van der Waals surface area contributed by atoms with Crippen LogP contribution in [0, 0.1) is 5.92 Å². The average molecular weight is 277 g/mol. The van der Waals surface area contributed by atoms with Gasteiger partial charge in [0.2, 0.25) is 0 Å². The number of fused-ring (bicyclic) bond motifs is 1. The number of methoxy groups -OCH3 is 2. The Morgan fingerprint density at radius 1 is 1.15 bits per heavy atom. The lowest BCUT2D eigenvalue weighted by Crippen LogP contribution is -2.15. The molecule has 5 heteroatoms. The Kier molecular flexibility index (Phi) is 4.18. The van der Waals surface area contributed by atoms with E-state index in [0.29, 0.717) is 17.4 Å². The third-order valence-corrected chi connectivity index (χ3v) is 3.24. The first-order chi connectivity index (χ1) is 9.47. The summed E-state index contributed by atoms with van der Waals surface area (Å²) in [5, 5.41) is 0. The molecule has 0 fully saturated rings. The summed E-state index contributed by atoms with van der Waals surface area (Å²) in [6, 6.07) is 3.75. The molecule has 1 unspecified atom stereocenters. The van der Waals surface area contributed by atoms with Gasteiger partial charge >= 0.3 is 0 Å². The van der Waals surface area contributed by atoms with Crippen molar-refractivity contribution in [1.82, 2.24) is 9.55 Å². The summed E-state index contributed by atoms with van der Waals surface area (Å²) in [4.78, 5) is 4.65. The van der Waals surface area contributed by atoms with Crippen LogP contribution in [0.1, 0.15) is 32.6 Å². The number of hydrogen-bond donors (Lipinski definition) is 1. The molecule has 20 heavy (non-hydrogen) atoms. The van der Waals surface area contributed by atoms with Crippen LogP contribution in [-0.4, -0.2) is 23.8 Å². The number of ether oxygens (including phenoxy) is 2. The predicted molar refractivity (Wildman–Crippen MR) is 80.3 cm³/mol. The monoisotopic (exact) mass is 277 g/mol. The molecule has 0 aliphatic heterocycles. The van der Waals surface area contributed by atoms with Crippen LogP contribution < -0.4 is 15.2 Å². The van der Waals surface area contributed by atoms with Gasteiger partial charge in [0.05, 0.1) is 31.3 Å². The van der Waals surface area contributed by atoms with Gasteiger partial charge < -0.3 is 19.8 Å². The molecule has 0 saturated carbocycles. The number of nitrogens with two attached hydrogens (primary N) is 1. The molecule has 2 N–H and O–H groups in total. The smallest absolute Gasteiger partial charge is 0.163 e. The van der Waals surface area contributed by atoms with Gasteiger partial charge in [-0.05, 0) is 12.8 Å². The molecule has 0 aliphatic rings. The highest BCUT2D eigenvalue weighted by Gasteiger charge is 2.17. The summed E-state index contributed by atoms with van der Waals surface area (Å²) in [5.74, 6) is 2.80. The molecule has 0 bridgehead atoms. The van der Waals surface area contributed by atoms with Crippen molar-refractivity contribution in [3.63, 3.8) is 0 Å². The Morgan fingerprint density at radius 2 is 1.75 bits per heavy atom. The molecule has 0 amide bonds. The molecule has 2 rings (SSSR count). The summed E-state index contributed by atoms with van der Waals surface area (Å²) in [6.45, 7) is 7.18. The molecule has 110 valence electrons. The zero-order chi connectivity index (χ0) is 14.9. The Hall–Kier alpha value is -1.75. The van der Waals surface area contributed by atoms with Crippen molar-refractivity contribution in [2.75, 3.05) is 14.2 Å². The number of rotatable bonds is 5. The molecule has 1 atom stereocenters. The largest absolute Gasteiger partial charge is 0.493 e. The summed E-state index contributed by atoms with van der Waals surface area (Å²) < 4.78 is 12.9. The minimum Gasteiger partial charge on any atom is -0.493 e. The quantitative estimate of drug-likeness (QED) is 0.912. The Balaban J connectivity index is 2.68. The van der Waals surface area contributed by atoms with Crippen molar-refractivity contribution >= 4 is 11.0 Å². The van der Waals surface area contributed by atoms with E-state index in [1.54, 1.807) is 14.2 Å². The first-order valence-corrected chi connectivity index (χ1v) is 6.85. The van der Waals surface area contributed by atoms with Gasteiger partial charge in [-0.1, -0.05) is 13.8 Å². The fraction of sp³-hybridized carbons (Fsp3) is 0.533. The van der Waals surface area contributed by atoms with E-state index in [1.165, 1.54) is 0 Å². The maximum Gasteiger partial charge on any atom is 0.163 e. The van der Waals surface area contributed by atoms with Crippen molar-refractivity contribution in [1.29, 1.82) is 0 Å². The molecule has 0 radical (unpaired) electrons. The maximum absolute atomic E-state index is 6.05. The second-order valence-electron chi connectivity index (χ2n) is 5.46. The molecule has 1 heterocycles. The fourth-order valence-corrected chi connectivity index (χ4v) is 2.38. The van der Waals surface area contributed by atoms with Crippen LogP contribution in [-0.2, 0) is 6.54 Å². The van der Waals surface area contributed by atoms with E-state index < -0.39 is 0 Å². The SMILES string of the molecule is COc1cc2nc(C(C)N)n(CC(C)C)c2cc1OC. The van der Waals surface area contributed by atoms with Crippen LogP contribution in [0.3, 0.4) is 0 Å². The van der Waals surface area contributed by atoms with Gasteiger partial charge in [0.25, 0.3) is 0 Å². The average Bonchev–Trinajstić information content (AvgIpc) is 2.74. The molecule has 1 aromatic heterocycles. The van der Waals surface area contributed by atoms with Crippen molar-refractivity contribution < 1.29 is 9.47 Å². The Bertz CT molecular complexity index is 603. The molecule has 2 aromatic rings. The zero-order valence-corrected chi connectivity index (χ0v) is 12.8. The van der Waals surface area contributed by atoms with Gasteiger partial charge in [0, 0.05) is 18.7 Å². The van der Waals surface area contributed by atoms with E-state index >= 15 is 0 Å². The highest BCUT2D eigenvalue weighted by Crippen LogP contribution is 2.33. The van der Waals surface area contributed by atoms with Crippen LogP contribution in [0.25, 0.3) is 11.0 Å². The van der Waals surface area contributed by atoms with Gasteiger partial charge in [0.1, 0.15) is 5.82 Å². The lowest BCUT2D eigenvalue weighted by Gasteiger charge is -2.14. The van der Waals surface area contributed by atoms with E-state index in [-0.39, 0.29) is 6.04 Å². The van der Waals surface area contributed by atoms with Gasteiger partial charge in [-0.25, -0.2) is 4.98 Å². The van der Waals surface area contributed by atoms with Crippen LogP contribution in [0.2, 0.25) is 0 Å². The minimum absolute atomic E-state index is 0.113. The summed E-state index contributed by atoms with van der Waals surface area (Å²) in [6.07, 6.45) is 0. The van der Waals surface area contributed by atoms with Crippen molar-refractivity contribution in [3.8, 4) is 11.5 Å². The standard InChI is InChI=1S/C15H23N3O2/c1-9(2)8-18-12-7-14(20-5)13(19-4)6-11(12)17-15(18)10(3)16/h6-7,9-10H,8,16H2,1-5H3. The van der Waals surface area contributed by atoms with Gasteiger partial charge in [0.15, 0.2) is 11.5 Å². The molecular weight excluding hydrogens is 254 g/mol. The fourth-order valence-electron chi connectivity index (χ4n) is 2.38. The van der Waals surface area contributed by atoms with Gasteiger partial charge in [-0.2, -0.15) is 0 Å². The third-order valence-electron chi connectivity index (χ3n) is 3.24. The molecule has 0 saturated heterocycles. The first-order valence-electron chi connectivity index (χ1n) is 6.85. The number of nitrogens with zero attached hydrogens (tertiary/aromatic N) is 2. The van der Waals surface area contributed by atoms with Crippen LogP contribution in [0.5, 0.6) is 11.5 Å². The van der Waals surface area contributed by atoms with Gasteiger partial charge in [-0.15, -0.1) is 0 Å². The molecule has 0 aliphatic carbocycles. The van der Waals surface area contributed by atoms with E-state index in [2.05, 4.69) is 23.4 Å². The number of benzene rings is 1. The number of hydrogen-bond acceptors (Lipinski definition) is 4. The molecule has 5 nitrogen and oxygen atoms in total. The van der Waals surface area contributed by atoms with Crippen LogP contribution in [0.4, 0.5) is 0 Å². The van der Waals surface area contributed by atoms with E-state index in [0.717, 1.165) is 23.4 Å². The summed E-state index contributed by atoms with van der Waals surface area (Å²) in [5.41, 5.74) is 7.97. The molecular formula is C15H23N3O2. The second kappa shape index (κ2) is 5.71. The highest BCUT2D eigenvalue weighted by molar-refractivity contribution is 5.80. The lowest BCUT2D eigenvalue weighted by molar-refractivity contribution is 0.355. The molecule has 0 spiro atoms. The highest BCUT2D eigenvalue weighted by atomic mass is 16.5. The zero-order valence-electron chi connectivity index (χ0n) is 12.8. The summed E-state index contributed by atoms with van der Waals surface area (Å²) in [7, 11) is 3.26. The Labute approximate surface area is 119 Å². The second-order valence-corrected chi connectivity index (χ2v) is 5.46. The normalized spacial score (nSPS) is 12.9. The maximum atomic E-state index is 6.05. The van der Waals surface area contributed by atoms with Crippen molar-refractivity contribution in [2.45, 2.75) is 33.4 Å². The Morgan fingerprint density at radius 3 is 2.25 bits per heavy atom. The first kappa shape index (κ1) is 14.7. The summed E-state index contributed by atoms with van der Waals surface area (Å²) >= 11 is 0. The number of imidazole rings is 1. The third kappa shape index (κ3) is 2.58. The van der Waals surface area contributed by atoms with Crippen LogP contribution in [0.15, 0.2) is 12.1 Å². The van der Waals surface area contributed by atoms with Crippen LogP contribution >= 0.6 is 0 Å². The topological polar surface area (TPSA) is 62.3 Å². The predicted octanol–water partition coefficient (Wildman–Crippen LogP) is 2.73. The lowest BCUT2D eigenvalue weighted by atomic mass is 10.2. The minimum atomic E-state index is -0.113. The molecule has 1 aromatic carbocycles. The van der Waals surface area contributed by atoms with E-state index in [4.69, 9.17) is 15.2 Å². The van der Waals surface area contributed by atoms with Gasteiger partial charge in [-0.3, -0.25) is 0 Å². The van der Waals surface area contributed by atoms with E-state index in [1.807, 2.05) is 19.1 Å². The van der Waals surface area contributed by atoms with Crippen molar-refractivity contribution in [2.24, 2.45) is 11.7 Å².